The van der Waals surface area contributed by atoms with E-state index in [2.05, 4.69) is 5.10 Å². The van der Waals surface area contributed by atoms with Crippen molar-refractivity contribution < 1.29 is 0 Å². The minimum Gasteiger partial charge on any atom is -0.268 e. The summed E-state index contributed by atoms with van der Waals surface area (Å²) in [4.78, 5) is 10.8. The summed E-state index contributed by atoms with van der Waals surface area (Å²) in [5.74, 6) is 0. The molecule has 10 heavy (non-hydrogen) atoms. The van der Waals surface area contributed by atoms with Gasteiger partial charge in [0.25, 0.3) is 5.56 Å². The van der Waals surface area contributed by atoms with Gasteiger partial charge < -0.3 is 0 Å². The largest absolute Gasteiger partial charge is 0.268 e. The van der Waals surface area contributed by atoms with E-state index in [0.29, 0.717) is 12.2 Å². The molecular formula is C7H8N2O. The number of nitrogens with zero attached hydrogens (tertiary/aromatic N) is 2. The molecule has 0 aliphatic heterocycles. The van der Waals surface area contributed by atoms with Gasteiger partial charge in [0.05, 0.1) is 5.69 Å². The maximum Gasteiger partial charge on any atom is 0.266 e. The van der Waals surface area contributed by atoms with Crippen molar-refractivity contribution in [3.05, 3.63) is 35.1 Å². The molecule has 0 saturated heterocycles. The second kappa shape index (κ2) is 2.64. The molecule has 0 spiro atoms. The normalized spacial score (nSPS) is 9.80. The smallest absolute Gasteiger partial charge is 0.266 e. The van der Waals surface area contributed by atoms with Crippen LogP contribution in [0.15, 0.2) is 16.9 Å². The second-order valence-corrected chi connectivity index (χ2v) is 1.91. The molecule has 1 aromatic rings. The fraction of sp³-hybridized carbons (Fsp3) is 0.286. The molecule has 0 fully saturated rings. The fourth-order valence-electron chi connectivity index (χ4n) is 0.691. The van der Waals surface area contributed by atoms with Crippen LogP contribution in [-0.4, -0.2) is 9.78 Å². The number of hydrogen-bond acceptors (Lipinski definition) is 2. The lowest BCUT2D eigenvalue weighted by molar-refractivity contribution is 0.610. The summed E-state index contributed by atoms with van der Waals surface area (Å²) in [6, 6.07) is 2.90. The third-order valence-electron chi connectivity index (χ3n) is 1.19. The van der Waals surface area contributed by atoms with Crippen molar-refractivity contribution in [2.75, 3.05) is 0 Å². The first-order chi connectivity index (χ1) is 4.74. The quantitative estimate of drug-likeness (QED) is 0.557. The molecule has 0 bridgehead atoms. The number of aromatic nitrogens is 2. The minimum absolute atomic E-state index is 0.114. The summed E-state index contributed by atoms with van der Waals surface area (Å²) < 4.78 is 1.31. The van der Waals surface area contributed by atoms with Crippen LogP contribution in [0.2, 0.25) is 0 Å². The molecule has 1 rings (SSSR count). The lowest BCUT2D eigenvalue weighted by Crippen LogP contribution is -2.21. The Morgan fingerprint density at radius 3 is 2.90 bits per heavy atom. The Labute approximate surface area is 59.3 Å². The molecule has 0 aliphatic carbocycles. The molecule has 0 saturated carbocycles. The van der Waals surface area contributed by atoms with E-state index in [0.717, 1.165) is 0 Å². The molecular weight excluding hydrogens is 128 g/mol. The summed E-state index contributed by atoms with van der Waals surface area (Å²) in [6.07, 6.45) is 0. The van der Waals surface area contributed by atoms with Gasteiger partial charge in [-0.3, -0.25) is 4.79 Å². The highest BCUT2D eigenvalue weighted by Crippen LogP contribution is 1.84. The molecule has 3 nitrogen and oxygen atoms in total. The van der Waals surface area contributed by atoms with Crippen LogP contribution in [0, 0.1) is 6.92 Å². The topological polar surface area (TPSA) is 34.9 Å². The van der Waals surface area contributed by atoms with E-state index in [1.54, 1.807) is 0 Å². The van der Waals surface area contributed by atoms with Crippen LogP contribution in [0.5, 0.6) is 0 Å². The van der Waals surface area contributed by atoms with E-state index >= 15 is 0 Å². The Morgan fingerprint density at radius 1 is 1.70 bits per heavy atom. The molecule has 52 valence electrons. The standard InChI is InChI=1S/C7H8N2O/c1-3-9-7(10)5-4-6(2)8-9/h2,4-5H,3H2,1H3. The van der Waals surface area contributed by atoms with Crippen LogP contribution in [-0.2, 0) is 6.54 Å². The maximum atomic E-state index is 10.8. The van der Waals surface area contributed by atoms with Crippen LogP contribution >= 0.6 is 0 Å². The van der Waals surface area contributed by atoms with Crippen LogP contribution in [0.4, 0.5) is 0 Å². The molecule has 1 aromatic heterocycles. The molecule has 3 heteroatoms. The highest BCUT2D eigenvalue weighted by atomic mass is 16.1. The summed E-state index contributed by atoms with van der Waals surface area (Å²) in [5.41, 5.74) is 0.262. The van der Waals surface area contributed by atoms with Crippen LogP contribution in [0.3, 0.4) is 0 Å². The minimum atomic E-state index is -0.114. The first kappa shape index (κ1) is 6.99. The monoisotopic (exact) mass is 136 g/mol. The predicted octanol–water partition coefficient (Wildman–Crippen LogP) is 0.322. The molecule has 0 amide bonds. The highest BCUT2D eigenvalue weighted by Gasteiger charge is 1.92. The molecule has 0 unspecified atom stereocenters. The Morgan fingerprint density at radius 2 is 2.40 bits per heavy atom. The molecule has 2 radical (unpaired) electrons. The average Bonchev–Trinajstić information content (AvgIpc) is 1.94. The van der Waals surface area contributed by atoms with E-state index in [9.17, 15) is 4.79 Å². The average molecular weight is 136 g/mol. The summed E-state index contributed by atoms with van der Waals surface area (Å²) >= 11 is 0. The van der Waals surface area contributed by atoms with Gasteiger partial charge in [0, 0.05) is 19.5 Å². The summed E-state index contributed by atoms with van der Waals surface area (Å²) in [6.45, 7) is 7.73. The van der Waals surface area contributed by atoms with Gasteiger partial charge in [-0.05, 0) is 13.0 Å². The van der Waals surface area contributed by atoms with Gasteiger partial charge in [-0.2, -0.15) is 5.10 Å². The van der Waals surface area contributed by atoms with Crippen molar-refractivity contribution in [2.24, 2.45) is 0 Å². The number of rotatable bonds is 1. The van der Waals surface area contributed by atoms with Crippen molar-refractivity contribution in [1.82, 2.24) is 9.78 Å². The van der Waals surface area contributed by atoms with Gasteiger partial charge in [-0.15, -0.1) is 0 Å². The Bertz CT molecular complexity index is 277. The SMILES string of the molecule is [CH]c1ccc(=O)n(CC)n1. The van der Waals surface area contributed by atoms with Crippen molar-refractivity contribution in [3.8, 4) is 0 Å². The van der Waals surface area contributed by atoms with Gasteiger partial charge in [0.2, 0.25) is 0 Å². The van der Waals surface area contributed by atoms with E-state index in [4.69, 9.17) is 6.92 Å². The number of aryl methyl sites for hydroxylation is 1. The van der Waals surface area contributed by atoms with E-state index in [-0.39, 0.29) is 5.56 Å². The Kier molecular flexibility index (Phi) is 1.85. The van der Waals surface area contributed by atoms with Gasteiger partial charge in [-0.25, -0.2) is 4.68 Å². The lowest BCUT2D eigenvalue weighted by Gasteiger charge is -1.98. The highest BCUT2D eigenvalue weighted by molar-refractivity contribution is 5.02. The zero-order chi connectivity index (χ0) is 7.56. The van der Waals surface area contributed by atoms with Gasteiger partial charge in [-0.1, -0.05) is 0 Å². The summed E-state index contributed by atoms with van der Waals surface area (Å²) in [5, 5.41) is 3.77. The molecule has 1 heterocycles. The third-order valence-corrected chi connectivity index (χ3v) is 1.19. The van der Waals surface area contributed by atoms with Crippen molar-refractivity contribution >= 4 is 0 Å². The predicted molar refractivity (Wildman–Crippen MR) is 37.6 cm³/mol. The zero-order valence-corrected chi connectivity index (χ0v) is 5.74. The first-order valence-electron chi connectivity index (χ1n) is 3.07. The molecule has 0 N–H and O–H groups in total. The number of hydrogen-bond donors (Lipinski definition) is 0. The second-order valence-electron chi connectivity index (χ2n) is 1.91. The first-order valence-corrected chi connectivity index (χ1v) is 3.07. The Hall–Kier alpha value is -1.12. The molecule has 0 aliphatic rings. The van der Waals surface area contributed by atoms with Crippen LogP contribution in [0.25, 0.3) is 0 Å². The van der Waals surface area contributed by atoms with Crippen molar-refractivity contribution in [2.45, 2.75) is 13.5 Å². The van der Waals surface area contributed by atoms with E-state index in [1.165, 1.54) is 16.8 Å². The van der Waals surface area contributed by atoms with Gasteiger partial charge in [0.15, 0.2) is 0 Å². The Balaban J connectivity index is 3.22. The van der Waals surface area contributed by atoms with Gasteiger partial charge >= 0.3 is 0 Å². The zero-order valence-electron chi connectivity index (χ0n) is 5.74. The van der Waals surface area contributed by atoms with Crippen LogP contribution < -0.4 is 5.56 Å². The van der Waals surface area contributed by atoms with Crippen LogP contribution in [0.1, 0.15) is 12.6 Å². The molecule has 0 aromatic carbocycles. The molecule has 0 atom stereocenters. The third kappa shape index (κ3) is 1.23. The maximum absolute atomic E-state index is 10.8. The summed E-state index contributed by atoms with van der Waals surface area (Å²) in [7, 11) is 0. The lowest BCUT2D eigenvalue weighted by atomic mass is 10.4. The van der Waals surface area contributed by atoms with Crippen molar-refractivity contribution in [3.63, 3.8) is 0 Å². The van der Waals surface area contributed by atoms with E-state index in [1.807, 2.05) is 6.92 Å². The fourth-order valence-corrected chi connectivity index (χ4v) is 0.691. The van der Waals surface area contributed by atoms with E-state index < -0.39 is 0 Å². The van der Waals surface area contributed by atoms with Crippen molar-refractivity contribution in [1.29, 1.82) is 0 Å². The van der Waals surface area contributed by atoms with Gasteiger partial charge in [0.1, 0.15) is 0 Å².